The molecule has 1 aromatic heterocycles. The lowest BCUT2D eigenvalue weighted by atomic mass is 9.93. The van der Waals surface area contributed by atoms with Crippen LogP contribution in [0.4, 0.5) is 9.52 Å². The minimum atomic E-state index is -0.974. The molecule has 1 atom stereocenters. The number of halogens is 1. The topological polar surface area (TPSA) is 104 Å². The third-order valence-electron chi connectivity index (χ3n) is 6.18. The Morgan fingerprint density at radius 3 is 2.45 bits per heavy atom. The summed E-state index contributed by atoms with van der Waals surface area (Å²) in [5.41, 5.74) is 3.44. The smallest absolute Gasteiger partial charge is 0.301 e. The average Bonchev–Trinajstić information content (AvgIpc) is 3.47. The quantitative estimate of drug-likeness (QED) is 0.102. The van der Waals surface area contributed by atoms with Crippen LogP contribution in [-0.4, -0.2) is 32.1 Å². The zero-order valence-electron chi connectivity index (χ0n) is 20.4. The number of aromatic hydroxyl groups is 1. The summed E-state index contributed by atoms with van der Waals surface area (Å²) in [4.78, 5) is 28.0. The first-order valence-corrected chi connectivity index (χ1v) is 13.4. The van der Waals surface area contributed by atoms with E-state index >= 15 is 0 Å². The van der Waals surface area contributed by atoms with Crippen LogP contribution in [0, 0.1) is 19.7 Å². The van der Waals surface area contributed by atoms with Gasteiger partial charge in [-0.1, -0.05) is 65.1 Å². The molecule has 10 heteroatoms. The molecule has 0 spiro atoms. The fourth-order valence-electron chi connectivity index (χ4n) is 4.22. The number of hydrogen-bond acceptors (Lipinski definition) is 8. The van der Waals surface area contributed by atoms with Gasteiger partial charge in [0.25, 0.3) is 5.78 Å². The molecule has 1 saturated heterocycles. The van der Waals surface area contributed by atoms with Gasteiger partial charge in [-0.05, 0) is 60.9 Å². The number of carbonyl (C=O) groups is 2. The maximum Gasteiger partial charge on any atom is 0.301 e. The van der Waals surface area contributed by atoms with Gasteiger partial charge >= 0.3 is 5.91 Å². The lowest BCUT2D eigenvalue weighted by Crippen LogP contribution is -2.29. The number of amides is 1. The molecule has 38 heavy (non-hydrogen) atoms. The number of phenols is 1. The molecule has 192 valence electrons. The van der Waals surface area contributed by atoms with Gasteiger partial charge in [-0.15, -0.1) is 10.2 Å². The number of carbonyl (C=O) groups excluding carboxylic acids is 2. The van der Waals surface area contributed by atoms with Crippen LogP contribution in [0.3, 0.4) is 0 Å². The van der Waals surface area contributed by atoms with Crippen molar-refractivity contribution in [1.29, 1.82) is 0 Å². The van der Waals surface area contributed by atoms with Crippen molar-refractivity contribution in [1.82, 2.24) is 10.2 Å². The van der Waals surface area contributed by atoms with Gasteiger partial charge in [0.2, 0.25) is 5.13 Å². The van der Waals surface area contributed by atoms with E-state index in [0.29, 0.717) is 21.2 Å². The Morgan fingerprint density at radius 2 is 1.74 bits per heavy atom. The number of Topliss-reactive ketones (excluding diaryl/α,β-unsaturated/α-hetero) is 1. The van der Waals surface area contributed by atoms with Crippen molar-refractivity contribution in [3.63, 3.8) is 0 Å². The lowest BCUT2D eigenvalue weighted by Gasteiger charge is -2.22. The van der Waals surface area contributed by atoms with Gasteiger partial charge in [0.05, 0.1) is 11.6 Å². The van der Waals surface area contributed by atoms with Crippen LogP contribution in [0.5, 0.6) is 5.75 Å². The van der Waals surface area contributed by atoms with Crippen LogP contribution in [0.15, 0.2) is 76.6 Å². The first kappa shape index (κ1) is 25.6. The van der Waals surface area contributed by atoms with Gasteiger partial charge < -0.3 is 10.2 Å². The highest BCUT2D eigenvalue weighted by Crippen LogP contribution is 2.44. The third kappa shape index (κ3) is 4.92. The molecule has 1 amide bonds. The van der Waals surface area contributed by atoms with E-state index in [2.05, 4.69) is 10.2 Å². The predicted molar refractivity (Wildman–Crippen MR) is 145 cm³/mol. The fourth-order valence-corrected chi connectivity index (χ4v) is 6.05. The minimum Gasteiger partial charge on any atom is -0.508 e. The van der Waals surface area contributed by atoms with Crippen molar-refractivity contribution in [2.45, 2.75) is 30.0 Å². The first-order valence-electron chi connectivity index (χ1n) is 11.6. The molecule has 5 rings (SSSR count). The number of aliphatic hydroxyl groups is 1. The van der Waals surface area contributed by atoms with Crippen LogP contribution in [0.1, 0.15) is 33.9 Å². The SMILES string of the molecule is Cc1ccc(C)c(/C(O)=C2\C(=O)C(=O)N(c3nnc(SCc4ccc(F)cc4)s3)C2c2ccc(O)cc2)c1. The summed E-state index contributed by atoms with van der Waals surface area (Å²) >= 11 is 2.51. The number of anilines is 1. The molecule has 1 fully saturated rings. The number of ketones is 1. The Hall–Kier alpha value is -4.02. The molecular weight excluding hydrogens is 525 g/mol. The van der Waals surface area contributed by atoms with Crippen molar-refractivity contribution < 1.29 is 24.2 Å². The second-order valence-corrected chi connectivity index (χ2v) is 11.0. The molecule has 0 bridgehead atoms. The van der Waals surface area contributed by atoms with E-state index < -0.39 is 17.7 Å². The Balaban J connectivity index is 1.55. The van der Waals surface area contributed by atoms with Crippen molar-refractivity contribution in [2.75, 3.05) is 4.90 Å². The Bertz CT molecular complexity index is 1570. The number of nitrogens with zero attached hydrogens (tertiary/aromatic N) is 3. The van der Waals surface area contributed by atoms with Crippen LogP contribution < -0.4 is 4.90 Å². The van der Waals surface area contributed by atoms with Gasteiger partial charge in [0.15, 0.2) is 4.34 Å². The summed E-state index contributed by atoms with van der Waals surface area (Å²) in [6.07, 6.45) is 0. The number of rotatable bonds is 6. The normalized spacial score (nSPS) is 16.8. The van der Waals surface area contributed by atoms with Crippen LogP contribution in [0.25, 0.3) is 5.76 Å². The molecule has 0 aliphatic carbocycles. The van der Waals surface area contributed by atoms with E-state index in [1.165, 1.54) is 40.9 Å². The van der Waals surface area contributed by atoms with E-state index in [-0.39, 0.29) is 28.0 Å². The predicted octanol–water partition coefficient (Wildman–Crippen LogP) is 5.92. The van der Waals surface area contributed by atoms with Crippen molar-refractivity contribution in [3.05, 3.63) is 106 Å². The molecule has 3 aromatic carbocycles. The molecule has 2 heterocycles. The van der Waals surface area contributed by atoms with E-state index in [0.717, 1.165) is 28.0 Å². The van der Waals surface area contributed by atoms with Gasteiger partial charge in [-0.25, -0.2) is 4.39 Å². The summed E-state index contributed by atoms with van der Waals surface area (Å²) in [5, 5.41) is 29.8. The molecule has 1 aliphatic rings. The number of benzene rings is 3. The highest BCUT2D eigenvalue weighted by atomic mass is 32.2. The number of phenolic OH excluding ortho intramolecular Hbond substituents is 1. The Labute approximate surface area is 226 Å². The van der Waals surface area contributed by atoms with Crippen LogP contribution in [-0.2, 0) is 15.3 Å². The number of aromatic nitrogens is 2. The van der Waals surface area contributed by atoms with E-state index in [9.17, 15) is 24.2 Å². The Morgan fingerprint density at radius 1 is 1.03 bits per heavy atom. The summed E-state index contributed by atoms with van der Waals surface area (Å²) < 4.78 is 13.8. The highest BCUT2D eigenvalue weighted by molar-refractivity contribution is 8.00. The zero-order chi connectivity index (χ0) is 27.0. The molecule has 4 aromatic rings. The fraction of sp³-hybridized carbons (Fsp3) is 0.143. The molecule has 0 radical (unpaired) electrons. The zero-order valence-corrected chi connectivity index (χ0v) is 22.0. The molecule has 1 unspecified atom stereocenters. The second-order valence-electron chi connectivity index (χ2n) is 8.84. The number of thioether (sulfide) groups is 1. The Kier molecular flexibility index (Phi) is 7.00. The molecule has 7 nitrogen and oxygen atoms in total. The molecule has 2 N–H and O–H groups in total. The summed E-state index contributed by atoms with van der Waals surface area (Å²) in [6, 6.07) is 16.8. The third-order valence-corrected chi connectivity index (χ3v) is 8.31. The summed E-state index contributed by atoms with van der Waals surface area (Å²) in [5.74, 6) is -1.72. The van der Waals surface area contributed by atoms with Crippen LogP contribution in [0.2, 0.25) is 0 Å². The average molecular weight is 548 g/mol. The summed E-state index contributed by atoms with van der Waals surface area (Å²) in [7, 11) is 0. The number of hydrogen-bond donors (Lipinski definition) is 2. The number of aliphatic hydroxyl groups excluding tert-OH is 1. The largest absolute Gasteiger partial charge is 0.508 e. The van der Waals surface area contributed by atoms with Gasteiger partial charge in [0, 0.05) is 11.3 Å². The molecule has 0 saturated carbocycles. The van der Waals surface area contributed by atoms with Crippen LogP contribution >= 0.6 is 23.1 Å². The molecular formula is C28H22FN3O4S2. The van der Waals surface area contributed by atoms with E-state index in [4.69, 9.17) is 0 Å². The monoisotopic (exact) mass is 547 g/mol. The minimum absolute atomic E-state index is 0.0237. The standard InChI is InChI=1S/C28H22FN3O4S2/c1-15-3-4-16(2)21(13-15)24(34)22-23(18-7-11-20(33)12-8-18)32(26(36)25(22)35)27-30-31-28(38-27)37-14-17-5-9-19(29)10-6-17/h3-13,23,33-34H,14H2,1-2H3/b24-22+. The van der Waals surface area contributed by atoms with Crippen molar-refractivity contribution >= 4 is 45.7 Å². The molecule has 1 aliphatic heterocycles. The van der Waals surface area contributed by atoms with E-state index in [1.54, 1.807) is 30.3 Å². The summed E-state index contributed by atoms with van der Waals surface area (Å²) in [6.45, 7) is 3.69. The first-order chi connectivity index (χ1) is 18.2. The maximum atomic E-state index is 13.4. The van der Waals surface area contributed by atoms with Gasteiger partial charge in [0.1, 0.15) is 17.3 Å². The van der Waals surface area contributed by atoms with Crippen molar-refractivity contribution in [2.24, 2.45) is 0 Å². The maximum absolute atomic E-state index is 13.4. The second kappa shape index (κ2) is 10.4. The van der Waals surface area contributed by atoms with Crippen molar-refractivity contribution in [3.8, 4) is 5.75 Å². The van der Waals surface area contributed by atoms with E-state index in [1.807, 2.05) is 26.0 Å². The number of aryl methyl sites for hydroxylation is 2. The van der Waals surface area contributed by atoms with Gasteiger partial charge in [-0.3, -0.25) is 14.5 Å². The van der Waals surface area contributed by atoms with Gasteiger partial charge in [-0.2, -0.15) is 0 Å². The lowest BCUT2D eigenvalue weighted by molar-refractivity contribution is -0.132. The highest BCUT2D eigenvalue weighted by Gasteiger charge is 2.48.